The third-order valence-electron chi connectivity index (χ3n) is 4.59. The normalized spacial score (nSPS) is 11.7. The van der Waals surface area contributed by atoms with Crippen molar-refractivity contribution in [2.45, 2.75) is 31.2 Å². The number of ether oxygens (including phenoxy) is 3. The standard InChI is InChI=1S/C22H26N2O4S2/c1-5-24-20-17(27-3)12-13-18(28-4)21(20)30-22(24)23-19(25)7-6-14-29-16-10-8-15(26-2)9-11-16/h8-13H,5-7,14H2,1-4H3. The van der Waals surface area contributed by atoms with Crippen LogP contribution in [0.5, 0.6) is 17.2 Å². The maximum absolute atomic E-state index is 12.5. The summed E-state index contributed by atoms with van der Waals surface area (Å²) in [5.41, 5.74) is 0.908. The first-order valence-corrected chi connectivity index (χ1v) is 11.5. The molecule has 3 rings (SSSR count). The van der Waals surface area contributed by atoms with E-state index in [2.05, 4.69) is 4.99 Å². The lowest BCUT2D eigenvalue weighted by Crippen LogP contribution is -2.16. The molecule has 0 atom stereocenters. The fourth-order valence-electron chi connectivity index (χ4n) is 3.08. The van der Waals surface area contributed by atoms with Crippen LogP contribution in [0.1, 0.15) is 19.8 Å². The van der Waals surface area contributed by atoms with E-state index in [0.717, 1.165) is 44.5 Å². The summed E-state index contributed by atoms with van der Waals surface area (Å²) in [7, 11) is 4.93. The van der Waals surface area contributed by atoms with Gasteiger partial charge in [0.25, 0.3) is 0 Å². The van der Waals surface area contributed by atoms with Crippen LogP contribution in [0.2, 0.25) is 0 Å². The number of hydrogen-bond donors (Lipinski definition) is 0. The zero-order valence-corrected chi connectivity index (χ0v) is 19.3. The summed E-state index contributed by atoms with van der Waals surface area (Å²) in [6.07, 6.45) is 1.18. The van der Waals surface area contributed by atoms with Gasteiger partial charge < -0.3 is 18.8 Å². The molecular weight excluding hydrogens is 420 g/mol. The molecule has 0 saturated heterocycles. The second kappa shape index (κ2) is 10.5. The molecule has 0 aliphatic rings. The van der Waals surface area contributed by atoms with Gasteiger partial charge >= 0.3 is 0 Å². The van der Waals surface area contributed by atoms with Crippen LogP contribution in [0.4, 0.5) is 0 Å². The summed E-state index contributed by atoms with van der Waals surface area (Å²) in [5, 5.41) is 0. The molecule has 0 N–H and O–H groups in total. The number of hydrogen-bond acceptors (Lipinski definition) is 6. The highest BCUT2D eigenvalue weighted by molar-refractivity contribution is 7.99. The van der Waals surface area contributed by atoms with Gasteiger partial charge in [0.2, 0.25) is 5.91 Å². The lowest BCUT2D eigenvalue weighted by atomic mass is 10.3. The zero-order valence-electron chi connectivity index (χ0n) is 17.6. The lowest BCUT2D eigenvalue weighted by Gasteiger charge is -2.08. The molecule has 1 aromatic heterocycles. The van der Waals surface area contributed by atoms with E-state index in [0.29, 0.717) is 17.8 Å². The molecule has 30 heavy (non-hydrogen) atoms. The molecule has 0 spiro atoms. The van der Waals surface area contributed by atoms with Crippen LogP contribution in [-0.4, -0.2) is 37.6 Å². The van der Waals surface area contributed by atoms with Crippen molar-refractivity contribution in [3.63, 3.8) is 0 Å². The van der Waals surface area contributed by atoms with Crippen molar-refractivity contribution >= 4 is 39.2 Å². The van der Waals surface area contributed by atoms with Crippen LogP contribution >= 0.6 is 23.1 Å². The van der Waals surface area contributed by atoms with E-state index in [1.54, 1.807) is 33.1 Å². The van der Waals surface area contributed by atoms with Gasteiger partial charge in [-0.3, -0.25) is 4.79 Å². The molecule has 0 fully saturated rings. The quantitative estimate of drug-likeness (QED) is 0.351. The second-order valence-corrected chi connectivity index (χ2v) is 8.56. The van der Waals surface area contributed by atoms with Gasteiger partial charge in [0.1, 0.15) is 27.5 Å². The maximum atomic E-state index is 12.5. The SMILES string of the molecule is CCn1c(=NC(=O)CCCSc2ccc(OC)cc2)sc2c(OC)ccc(OC)c21. The fourth-order valence-corrected chi connectivity index (χ4v) is 5.15. The Balaban J connectivity index is 1.71. The Morgan fingerprint density at radius 3 is 2.37 bits per heavy atom. The number of fused-ring (bicyclic) bond motifs is 1. The van der Waals surface area contributed by atoms with Gasteiger partial charge in [-0.2, -0.15) is 4.99 Å². The predicted molar refractivity (Wildman–Crippen MR) is 122 cm³/mol. The summed E-state index contributed by atoms with van der Waals surface area (Å²) >= 11 is 3.17. The summed E-state index contributed by atoms with van der Waals surface area (Å²) in [5.74, 6) is 3.08. The topological polar surface area (TPSA) is 62.1 Å². The van der Waals surface area contributed by atoms with E-state index in [1.165, 1.54) is 11.3 Å². The van der Waals surface area contributed by atoms with Gasteiger partial charge in [-0.1, -0.05) is 11.3 Å². The van der Waals surface area contributed by atoms with Crippen molar-refractivity contribution in [2.24, 2.45) is 4.99 Å². The van der Waals surface area contributed by atoms with Crippen molar-refractivity contribution in [3.05, 3.63) is 41.2 Å². The average Bonchev–Trinajstić information content (AvgIpc) is 3.14. The summed E-state index contributed by atoms with van der Waals surface area (Å²) < 4.78 is 19.1. The third kappa shape index (κ3) is 4.99. The van der Waals surface area contributed by atoms with E-state index in [1.807, 2.05) is 47.9 Å². The highest BCUT2D eigenvalue weighted by Crippen LogP contribution is 2.35. The number of thioether (sulfide) groups is 1. The third-order valence-corrected chi connectivity index (χ3v) is 6.78. The first kappa shape index (κ1) is 22.2. The molecule has 160 valence electrons. The number of methoxy groups -OCH3 is 3. The average molecular weight is 447 g/mol. The predicted octanol–water partition coefficient (Wildman–Crippen LogP) is 4.75. The van der Waals surface area contributed by atoms with Gasteiger partial charge in [0.05, 0.1) is 21.3 Å². The molecule has 0 unspecified atom stereocenters. The van der Waals surface area contributed by atoms with Crippen LogP contribution < -0.4 is 19.0 Å². The summed E-state index contributed by atoms with van der Waals surface area (Å²) in [6.45, 7) is 2.71. The van der Waals surface area contributed by atoms with Crippen LogP contribution in [0.25, 0.3) is 10.2 Å². The maximum Gasteiger partial charge on any atom is 0.248 e. The number of amides is 1. The second-order valence-electron chi connectivity index (χ2n) is 6.41. The van der Waals surface area contributed by atoms with Crippen molar-refractivity contribution in [2.75, 3.05) is 27.1 Å². The first-order valence-electron chi connectivity index (χ1n) is 9.70. The highest BCUT2D eigenvalue weighted by Gasteiger charge is 2.15. The number of carbonyl (C=O) groups excluding carboxylic acids is 1. The van der Waals surface area contributed by atoms with Crippen LogP contribution in [0.15, 0.2) is 46.3 Å². The molecule has 6 nitrogen and oxygen atoms in total. The largest absolute Gasteiger partial charge is 0.497 e. The van der Waals surface area contributed by atoms with Gasteiger partial charge in [-0.15, -0.1) is 11.8 Å². The molecule has 3 aromatic rings. The van der Waals surface area contributed by atoms with E-state index >= 15 is 0 Å². The van der Waals surface area contributed by atoms with E-state index in [9.17, 15) is 4.79 Å². The minimum atomic E-state index is -0.114. The smallest absolute Gasteiger partial charge is 0.248 e. The van der Waals surface area contributed by atoms with E-state index in [-0.39, 0.29) is 5.91 Å². The molecule has 8 heteroatoms. The Bertz CT molecular complexity index is 1070. The lowest BCUT2D eigenvalue weighted by molar-refractivity contribution is -0.118. The van der Waals surface area contributed by atoms with E-state index < -0.39 is 0 Å². The van der Waals surface area contributed by atoms with Crippen molar-refractivity contribution in [3.8, 4) is 17.2 Å². The van der Waals surface area contributed by atoms with Crippen molar-refractivity contribution < 1.29 is 19.0 Å². The number of rotatable bonds is 9. The minimum Gasteiger partial charge on any atom is -0.497 e. The molecule has 0 saturated carbocycles. The molecule has 0 radical (unpaired) electrons. The van der Waals surface area contributed by atoms with Crippen LogP contribution in [-0.2, 0) is 11.3 Å². The van der Waals surface area contributed by atoms with Gasteiger partial charge in [0, 0.05) is 17.9 Å². The minimum absolute atomic E-state index is 0.114. The summed E-state index contributed by atoms with van der Waals surface area (Å²) in [6, 6.07) is 11.7. The molecule has 0 bridgehead atoms. The van der Waals surface area contributed by atoms with Crippen molar-refractivity contribution in [1.29, 1.82) is 0 Å². The van der Waals surface area contributed by atoms with Crippen LogP contribution in [0.3, 0.4) is 0 Å². The molecule has 0 aliphatic carbocycles. The Morgan fingerprint density at radius 2 is 1.73 bits per heavy atom. The fraction of sp³-hybridized carbons (Fsp3) is 0.364. The first-order chi connectivity index (χ1) is 14.6. The molecule has 0 aliphatic heterocycles. The van der Waals surface area contributed by atoms with Gasteiger partial charge in [-0.05, 0) is 55.5 Å². The van der Waals surface area contributed by atoms with Gasteiger partial charge in [0.15, 0.2) is 4.80 Å². The zero-order chi connectivity index (χ0) is 21.5. The van der Waals surface area contributed by atoms with Crippen molar-refractivity contribution in [1.82, 2.24) is 4.57 Å². The molecular formula is C22H26N2O4S2. The highest BCUT2D eigenvalue weighted by atomic mass is 32.2. The summed E-state index contributed by atoms with van der Waals surface area (Å²) in [4.78, 5) is 18.7. The number of thiazole rings is 1. The number of carbonyl (C=O) groups is 1. The molecule has 1 amide bonds. The molecule has 2 aromatic carbocycles. The van der Waals surface area contributed by atoms with Gasteiger partial charge in [-0.25, -0.2) is 0 Å². The Morgan fingerprint density at radius 1 is 1.03 bits per heavy atom. The Kier molecular flexibility index (Phi) is 7.81. The number of aryl methyl sites for hydroxylation is 1. The number of nitrogens with zero attached hydrogens (tertiary/aromatic N) is 2. The number of benzene rings is 2. The number of aromatic nitrogens is 1. The van der Waals surface area contributed by atoms with Crippen LogP contribution in [0, 0.1) is 0 Å². The Hall–Kier alpha value is -2.45. The monoisotopic (exact) mass is 446 g/mol. The Labute approximate surface area is 184 Å². The van der Waals surface area contributed by atoms with E-state index in [4.69, 9.17) is 14.2 Å². The molecule has 1 heterocycles.